The van der Waals surface area contributed by atoms with Gasteiger partial charge in [0.15, 0.2) is 5.76 Å². The summed E-state index contributed by atoms with van der Waals surface area (Å²) in [6.07, 6.45) is 3.02. The Hall–Kier alpha value is -3.13. The third kappa shape index (κ3) is 3.50. The van der Waals surface area contributed by atoms with Gasteiger partial charge >= 0.3 is 0 Å². The summed E-state index contributed by atoms with van der Waals surface area (Å²) in [5.74, 6) is -0.696. The van der Waals surface area contributed by atoms with Gasteiger partial charge in [0.05, 0.1) is 16.8 Å². The van der Waals surface area contributed by atoms with Crippen LogP contribution in [0.5, 0.6) is 0 Å². The molecule has 144 valence electrons. The number of furan rings is 1. The summed E-state index contributed by atoms with van der Waals surface area (Å²) in [4.78, 5) is 14.1. The third-order valence-corrected chi connectivity index (χ3v) is 5.92. The van der Waals surface area contributed by atoms with Crippen molar-refractivity contribution in [1.29, 1.82) is 0 Å². The number of benzene rings is 2. The van der Waals surface area contributed by atoms with Crippen LogP contribution < -0.4 is 9.62 Å². The van der Waals surface area contributed by atoms with Crippen molar-refractivity contribution < 1.29 is 22.0 Å². The average molecular weight is 400 g/mol. The minimum atomic E-state index is -3.96. The van der Waals surface area contributed by atoms with Gasteiger partial charge < -0.3 is 9.32 Å². The zero-order valence-electron chi connectivity index (χ0n) is 14.8. The molecule has 0 saturated heterocycles. The highest BCUT2D eigenvalue weighted by molar-refractivity contribution is 7.92. The van der Waals surface area contributed by atoms with Crippen molar-refractivity contribution >= 4 is 27.3 Å². The summed E-state index contributed by atoms with van der Waals surface area (Å²) in [6.45, 7) is 0.507. The van der Waals surface area contributed by atoms with Crippen molar-refractivity contribution in [1.82, 2.24) is 0 Å². The van der Waals surface area contributed by atoms with Gasteiger partial charge in [0.2, 0.25) is 0 Å². The second-order valence-corrected chi connectivity index (χ2v) is 8.13. The maximum Gasteiger partial charge on any atom is 0.293 e. The van der Waals surface area contributed by atoms with Crippen LogP contribution in [0.2, 0.25) is 0 Å². The number of sulfonamides is 1. The lowest BCUT2D eigenvalue weighted by Crippen LogP contribution is -2.35. The molecule has 0 aliphatic carbocycles. The van der Waals surface area contributed by atoms with E-state index in [1.165, 1.54) is 24.5 Å². The fourth-order valence-corrected chi connectivity index (χ4v) is 4.31. The molecule has 2 heterocycles. The van der Waals surface area contributed by atoms with Crippen molar-refractivity contribution in [3.63, 3.8) is 0 Å². The average Bonchev–Trinajstić information content (AvgIpc) is 3.21. The summed E-state index contributed by atoms with van der Waals surface area (Å²) >= 11 is 0. The molecular weight excluding hydrogens is 383 g/mol. The molecule has 4 rings (SSSR count). The van der Waals surface area contributed by atoms with E-state index in [-0.39, 0.29) is 16.6 Å². The van der Waals surface area contributed by atoms with Crippen LogP contribution in [0.4, 0.5) is 15.8 Å². The first-order valence-corrected chi connectivity index (χ1v) is 10.2. The van der Waals surface area contributed by atoms with E-state index < -0.39 is 15.8 Å². The maximum atomic E-state index is 13.4. The van der Waals surface area contributed by atoms with Gasteiger partial charge in [-0.2, -0.15) is 0 Å². The predicted octanol–water partition coefficient (Wildman–Crippen LogP) is 3.81. The van der Waals surface area contributed by atoms with E-state index in [2.05, 4.69) is 4.72 Å². The molecule has 28 heavy (non-hydrogen) atoms. The van der Waals surface area contributed by atoms with Crippen molar-refractivity contribution in [3.05, 3.63) is 78.0 Å². The summed E-state index contributed by atoms with van der Waals surface area (Å²) in [7, 11) is -3.96. The monoisotopic (exact) mass is 400 g/mol. The van der Waals surface area contributed by atoms with E-state index in [4.69, 9.17) is 4.42 Å². The molecule has 0 saturated carbocycles. The van der Waals surface area contributed by atoms with Crippen LogP contribution in [0.15, 0.2) is 70.2 Å². The number of carbonyl (C=O) groups excluding carboxylic acids is 1. The topological polar surface area (TPSA) is 79.6 Å². The zero-order valence-corrected chi connectivity index (χ0v) is 15.6. The summed E-state index contributed by atoms with van der Waals surface area (Å²) in [5.41, 5.74) is 1.87. The van der Waals surface area contributed by atoms with Crippen molar-refractivity contribution in [2.75, 3.05) is 16.2 Å². The molecule has 0 fully saturated rings. The quantitative estimate of drug-likeness (QED) is 0.722. The van der Waals surface area contributed by atoms with Crippen LogP contribution in [0, 0.1) is 5.82 Å². The highest BCUT2D eigenvalue weighted by atomic mass is 32.2. The second kappa shape index (κ2) is 7.12. The number of anilines is 2. The Kier molecular flexibility index (Phi) is 4.64. The Balaban J connectivity index is 1.66. The molecule has 0 radical (unpaired) electrons. The fraction of sp³-hybridized carbons (Fsp3) is 0.150. The SMILES string of the molecule is O=C(c1ccco1)N1CCCc2ccc(NS(=O)(=O)c3cccc(F)c3)cc21. The van der Waals surface area contributed by atoms with Crippen LogP contribution >= 0.6 is 0 Å². The Morgan fingerprint density at radius 3 is 2.71 bits per heavy atom. The van der Waals surface area contributed by atoms with Crippen LogP contribution in [0.25, 0.3) is 0 Å². The van der Waals surface area contributed by atoms with E-state index in [1.807, 2.05) is 0 Å². The lowest BCUT2D eigenvalue weighted by molar-refractivity contribution is 0.0958. The molecule has 1 aliphatic rings. The van der Waals surface area contributed by atoms with Crippen LogP contribution in [-0.4, -0.2) is 20.9 Å². The van der Waals surface area contributed by atoms with Gasteiger partial charge in [-0.15, -0.1) is 0 Å². The molecule has 1 amide bonds. The van der Waals surface area contributed by atoms with Gasteiger partial charge in [-0.05, 0) is 60.9 Å². The van der Waals surface area contributed by atoms with Crippen molar-refractivity contribution in [2.45, 2.75) is 17.7 Å². The Bertz CT molecular complexity index is 1130. The fourth-order valence-electron chi connectivity index (χ4n) is 3.23. The number of hydrogen-bond acceptors (Lipinski definition) is 4. The first kappa shape index (κ1) is 18.2. The lowest BCUT2D eigenvalue weighted by atomic mass is 10.0. The Labute approximate surface area is 161 Å². The predicted molar refractivity (Wildman–Crippen MR) is 102 cm³/mol. The molecule has 0 spiro atoms. The minimum Gasteiger partial charge on any atom is -0.459 e. The van der Waals surface area contributed by atoms with Gasteiger partial charge in [-0.1, -0.05) is 12.1 Å². The zero-order chi connectivity index (χ0) is 19.7. The summed E-state index contributed by atoms with van der Waals surface area (Å²) < 4.78 is 46.1. The minimum absolute atomic E-state index is 0.172. The molecule has 8 heteroatoms. The van der Waals surface area contributed by atoms with Gasteiger partial charge in [0.25, 0.3) is 15.9 Å². The number of hydrogen-bond donors (Lipinski definition) is 1. The first-order valence-electron chi connectivity index (χ1n) is 8.71. The second-order valence-electron chi connectivity index (χ2n) is 6.44. The molecule has 2 aromatic carbocycles. The number of nitrogens with one attached hydrogen (secondary N) is 1. The first-order chi connectivity index (χ1) is 13.4. The van der Waals surface area contributed by atoms with Crippen LogP contribution in [0.3, 0.4) is 0 Å². The summed E-state index contributed by atoms with van der Waals surface area (Å²) in [6, 6.07) is 13.1. The standard InChI is InChI=1S/C20H17FN2O4S/c21-15-5-1-6-17(12-15)28(25,26)22-16-9-8-14-4-2-10-23(18(14)13-16)20(24)19-7-3-11-27-19/h1,3,5-9,11-13,22H,2,4,10H2. The van der Waals surface area contributed by atoms with E-state index in [9.17, 15) is 17.6 Å². The number of fused-ring (bicyclic) bond motifs is 1. The third-order valence-electron chi connectivity index (χ3n) is 4.54. The molecule has 1 N–H and O–H groups in total. The smallest absolute Gasteiger partial charge is 0.293 e. The van der Waals surface area contributed by atoms with E-state index in [0.717, 1.165) is 24.5 Å². The Morgan fingerprint density at radius 1 is 1.11 bits per heavy atom. The Morgan fingerprint density at radius 2 is 1.96 bits per heavy atom. The lowest BCUT2D eigenvalue weighted by Gasteiger charge is -2.29. The number of carbonyl (C=O) groups is 1. The highest BCUT2D eigenvalue weighted by Crippen LogP contribution is 2.32. The molecule has 1 aromatic heterocycles. The van der Waals surface area contributed by atoms with E-state index in [1.54, 1.807) is 35.2 Å². The van der Waals surface area contributed by atoms with Crippen molar-refractivity contribution in [2.24, 2.45) is 0 Å². The number of rotatable bonds is 4. The maximum absolute atomic E-state index is 13.4. The normalized spacial score (nSPS) is 13.8. The van der Waals surface area contributed by atoms with Gasteiger partial charge in [0, 0.05) is 12.2 Å². The summed E-state index contributed by atoms with van der Waals surface area (Å²) in [5, 5.41) is 0. The molecule has 0 bridgehead atoms. The number of aryl methyl sites for hydroxylation is 1. The molecule has 0 unspecified atom stereocenters. The van der Waals surface area contributed by atoms with E-state index >= 15 is 0 Å². The van der Waals surface area contributed by atoms with Gasteiger partial charge in [-0.3, -0.25) is 9.52 Å². The van der Waals surface area contributed by atoms with Gasteiger partial charge in [0.1, 0.15) is 5.82 Å². The number of halogens is 1. The molecule has 1 aliphatic heterocycles. The number of amides is 1. The largest absolute Gasteiger partial charge is 0.459 e. The molecular formula is C20H17FN2O4S. The van der Waals surface area contributed by atoms with Crippen molar-refractivity contribution in [3.8, 4) is 0 Å². The van der Waals surface area contributed by atoms with Crippen LogP contribution in [-0.2, 0) is 16.4 Å². The highest BCUT2D eigenvalue weighted by Gasteiger charge is 2.26. The molecule has 3 aromatic rings. The number of nitrogens with zero attached hydrogens (tertiary/aromatic N) is 1. The van der Waals surface area contributed by atoms with Crippen LogP contribution in [0.1, 0.15) is 22.5 Å². The molecule has 0 atom stereocenters. The van der Waals surface area contributed by atoms with E-state index in [0.29, 0.717) is 17.9 Å². The molecule has 6 nitrogen and oxygen atoms in total. The van der Waals surface area contributed by atoms with Gasteiger partial charge in [-0.25, -0.2) is 12.8 Å².